The Morgan fingerprint density at radius 1 is 1.57 bits per heavy atom. The van der Waals surface area contributed by atoms with Crippen LogP contribution in [0.15, 0.2) is 12.4 Å². The van der Waals surface area contributed by atoms with Gasteiger partial charge in [0.25, 0.3) is 12.1 Å². The van der Waals surface area contributed by atoms with Crippen LogP contribution in [0.25, 0.3) is 0 Å². The molecule has 7 heteroatoms. The van der Waals surface area contributed by atoms with E-state index < -0.39 is 22.6 Å². The molecule has 0 atom stereocenters. The van der Waals surface area contributed by atoms with Gasteiger partial charge in [0.15, 0.2) is 0 Å². The minimum absolute atomic E-state index is 0.0177. The van der Waals surface area contributed by atoms with Crippen LogP contribution in [-0.2, 0) is 5.88 Å². The molecule has 1 heterocycles. The number of hydrogen-bond acceptors (Lipinski definition) is 3. The molecule has 1 aromatic rings. The van der Waals surface area contributed by atoms with E-state index in [9.17, 15) is 18.9 Å². The predicted octanol–water partition coefficient (Wildman–Crippen LogP) is 2.67. The maximum Gasteiger partial charge on any atom is 0.296 e. The fraction of sp³-hybridized carbons (Fsp3) is 0.286. The molecule has 0 fully saturated rings. The first-order valence-corrected chi connectivity index (χ1v) is 4.06. The topological polar surface area (TPSA) is 56.0 Å². The van der Waals surface area contributed by atoms with Crippen LogP contribution in [-0.4, -0.2) is 9.91 Å². The summed E-state index contributed by atoms with van der Waals surface area (Å²) in [5.74, 6) is -0.228. The molecular weight excluding hydrogens is 218 g/mol. The summed E-state index contributed by atoms with van der Waals surface area (Å²) in [4.78, 5) is 12.9. The van der Waals surface area contributed by atoms with Gasteiger partial charge >= 0.3 is 0 Å². The Morgan fingerprint density at radius 2 is 2.21 bits per heavy atom. The summed E-state index contributed by atoms with van der Waals surface area (Å²) in [5.41, 5.74) is -1.37. The van der Waals surface area contributed by atoms with Gasteiger partial charge in [-0.25, -0.2) is 8.78 Å². The highest BCUT2D eigenvalue weighted by molar-refractivity contribution is 6.17. The highest BCUT2D eigenvalue weighted by atomic mass is 35.5. The number of nitrogens with zero attached hydrogens (tertiary/aromatic N) is 2. The molecule has 0 amide bonds. The van der Waals surface area contributed by atoms with Crippen molar-refractivity contribution in [2.75, 3.05) is 0 Å². The minimum atomic E-state index is -2.92. The quantitative estimate of drug-likeness (QED) is 0.449. The Bertz CT molecular complexity index is 360. The van der Waals surface area contributed by atoms with Gasteiger partial charge in [-0.15, -0.1) is 11.6 Å². The molecule has 14 heavy (non-hydrogen) atoms. The van der Waals surface area contributed by atoms with Gasteiger partial charge in [0.2, 0.25) is 0 Å². The first kappa shape index (κ1) is 10.8. The van der Waals surface area contributed by atoms with Crippen LogP contribution in [0.4, 0.5) is 14.5 Å². The third-order valence-corrected chi connectivity index (χ3v) is 1.90. The first-order chi connectivity index (χ1) is 6.57. The molecule has 0 N–H and O–H groups in total. The van der Waals surface area contributed by atoms with E-state index in [1.165, 1.54) is 0 Å². The highest BCUT2D eigenvalue weighted by Gasteiger charge is 2.25. The maximum atomic E-state index is 12.4. The molecule has 0 bridgehead atoms. The molecular formula is C7H5ClF2N2O2. The van der Waals surface area contributed by atoms with E-state index in [1.807, 2.05) is 0 Å². The molecule has 0 spiro atoms. The largest absolute Gasteiger partial charge is 0.296 e. The second-order valence-electron chi connectivity index (χ2n) is 2.42. The summed E-state index contributed by atoms with van der Waals surface area (Å²) in [5, 5.41) is 10.4. The van der Waals surface area contributed by atoms with E-state index in [1.54, 1.807) is 0 Å². The van der Waals surface area contributed by atoms with Gasteiger partial charge < -0.3 is 0 Å². The van der Waals surface area contributed by atoms with Crippen molar-refractivity contribution in [1.82, 2.24) is 4.98 Å². The number of aromatic nitrogens is 1. The molecule has 0 unspecified atom stereocenters. The van der Waals surface area contributed by atoms with E-state index in [4.69, 9.17) is 11.6 Å². The van der Waals surface area contributed by atoms with Crippen LogP contribution in [0.2, 0.25) is 0 Å². The van der Waals surface area contributed by atoms with Crippen molar-refractivity contribution in [3.05, 3.63) is 33.6 Å². The number of alkyl halides is 3. The van der Waals surface area contributed by atoms with E-state index in [2.05, 4.69) is 4.98 Å². The van der Waals surface area contributed by atoms with E-state index in [-0.39, 0.29) is 11.4 Å². The van der Waals surface area contributed by atoms with Crippen molar-refractivity contribution in [2.24, 2.45) is 0 Å². The molecule has 0 aliphatic rings. The van der Waals surface area contributed by atoms with Gasteiger partial charge in [-0.2, -0.15) is 0 Å². The van der Waals surface area contributed by atoms with Gasteiger partial charge in [-0.3, -0.25) is 15.1 Å². The Morgan fingerprint density at radius 3 is 2.64 bits per heavy atom. The van der Waals surface area contributed by atoms with Gasteiger partial charge in [-0.05, 0) is 0 Å². The second kappa shape index (κ2) is 4.28. The first-order valence-electron chi connectivity index (χ1n) is 3.53. The van der Waals surface area contributed by atoms with Crippen molar-refractivity contribution in [3.63, 3.8) is 0 Å². The zero-order valence-corrected chi connectivity index (χ0v) is 7.54. The van der Waals surface area contributed by atoms with E-state index in [0.717, 1.165) is 12.4 Å². The zero-order chi connectivity index (χ0) is 10.7. The van der Waals surface area contributed by atoms with Crippen LogP contribution < -0.4 is 0 Å². The maximum absolute atomic E-state index is 12.4. The van der Waals surface area contributed by atoms with Crippen molar-refractivity contribution in [2.45, 2.75) is 12.3 Å². The predicted molar refractivity (Wildman–Crippen MR) is 45.4 cm³/mol. The van der Waals surface area contributed by atoms with Crippen LogP contribution >= 0.6 is 11.6 Å². The number of halogens is 3. The number of rotatable bonds is 3. The van der Waals surface area contributed by atoms with Crippen LogP contribution in [0.1, 0.15) is 17.6 Å². The minimum Gasteiger partial charge on any atom is -0.258 e. The van der Waals surface area contributed by atoms with Crippen LogP contribution in [0, 0.1) is 10.1 Å². The van der Waals surface area contributed by atoms with Gasteiger partial charge in [0, 0.05) is 17.6 Å². The summed E-state index contributed by atoms with van der Waals surface area (Å²) in [6.45, 7) is 0. The Labute approximate surface area is 82.7 Å². The molecule has 0 aliphatic carbocycles. The second-order valence-corrected chi connectivity index (χ2v) is 2.69. The smallest absolute Gasteiger partial charge is 0.258 e. The number of nitro groups is 1. The molecule has 0 aliphatic heterocycles. The molecule has 0 radical (unpaired) electrons. The average Bonchev–Trinajstić information content (AvgIpc) is 2.16. The molecule has 4 nitrogen and oxygen atoms in total. The summed E-state index contributed by atoms with van der Waals surface area (Å²) in [6, 6.07) is 0. The molecule has 1 rings (SSSR count). The SMILES string of the molecule is O=[N+]([O-])c1cncc(CCl)c1C(F)F. The summed E-state index contributed by atoms with van der Waals surface area (Å²) >= 11 is 5.36. The third-order valence-electron chi connectivity index (χ3n) is 1.61. The van der Waals surface area contributed by atoms with Crippen LogP contribution in [0.5, 0.6) is 0 Å². The lowest BCUT2D eigenvalue weighted by atomic mass is 10.1. The van der Waals surface area contributed by atoms with Gasteiger partial charge in [0.05, 0.1) is 4.92 Å². The fourth-order valence-corrected chi connectivity index (χ4v) is 1.22. The Kier molecular flexibility index (Phi) is 3.29. The third kappa shape index (κ3) is 1.95. The lowest BCUT2D eigenvalue weighted by molar-refractivity contribution is -0.386. The fourth-order valence-electron chi connectivity index (χ4n) is 1.01. The molecule has 1 aromatic heterocycles. The molecule has 0 saturated heterocycles. The zero-order valence-electron chi connectivity index (χ0n) is 6.78. The molecule has 76 valence electrons. The lowest BCUT2D eigenvalue weighted by Crippen LogP contribution is -2.01. The van der Waals surface area contributed by atoms with Crippen molar-refractivity contribution in [1.29, 1.82) is 0 Å². The number of hydrogen-bond donors (Lipinski definition) is 0. The normalized spacial score (nSPS) is 10.6. The molecule has 0 aromatic carbocycles. The summed E-state index contributed by atoms with van der Waals surface area (Å²) in [7, 11) is 0. The number of pyridine rings is 1. The van der Waals surface area contributed by atoms with E-state index >= 15 is 0 Å². The summed E-state index contributed by atoms with van der Waals surface area (Å²) in [6.07, 6.45) is -1.04. The van der Waals surface area contributed by atoms with Crippen molar-refractivity contribution >= 4 is 17.3 Å². The standard InChI is InChI=1S/C7H5ClF2N2O2/c8-1-4-2-11-3-5(12(13)14)6(4)7(9)10/h2-3,7H,1H2. The Hall–Kier alpha value is -1.30. The van der Waals surface area contributed by atoms with Gasteiger partial charge in [0.1, 0.15) is 11.8 Å². The summed E-state index contributed by atoms with van der Waals surface area (Å²) < 4.78 is 24.9. The monoisotopic (exact) mass is 222 g/mol. The lowest BCUT2D eigenvalue weighted by Gasteiger charge is -2.05. The van der Waals surface area contributed by atoms with Crippen LogP contribution in [0.3, 0.4) is 0 Å². The van der Waals surface area contributed by atoms with Crippen molar-refractivity contribution < 1.29 is 13.7 Å². The average molecular weight is 223 g/mol. The van der Waals surface area contributed by atoms with Crippen molar-refractivity contribution in [3.8, 4) is 0 Å². The molecule has 0 saturated carbocycles. The van der Waals surface area contributed by atoms with E-state index in [0.29, 0.717) is 0 Å². The highest BCUT2D eigenvalue weighted by Crippen LogP contribution is 2.31. The Balaban J connectivity index is 3.35. The van der Waals surface area contributed by atoms with Gasteiger partial charge in [-0.1, -0.05) is 0 Å².